The van der Waals surface area contributed by atoms with Crippen molar-refractivity contribution >= 4 is 23.2 Å². The zero-order valence-corrected chi connectivity index (χ0v) is 11.5. The first-order valence-electron chi connectivity index (χ1n) is 6.03. The average Bonchev–Trinajstić information content (AvgIpc) is 2.37. The summed E-state index contributed by atoms with van der Waals surface area (Å²) in [4.78, 5) is 0. The van der Waals surface area contributed by atoms with Crippen LogP contribution in [0.5, 0.6) is 0 Å². The molecule has 0 saturated carbocycles. The van der Waals surface area contributed by atoms with E-state index in [9.17, 15) is 5.11 Å². The molecule has 0 spiro atoms. The molecule has 0 aromatic heterocycles. The Morgan fingerprint density at radius 1 is 1.28 bits per heavy atom. The van der Waals surface area contributed by atoms with Gasteiger partial charge in [-0.25, -0.2) is 0 Å². The summed E-state index contributed by atoms with van der Waals surface area (Å²) in [7, 11) is 0. The Hall–Kier alpha value is -0.320. The summed E-state index contributed by atoms with van der Waals surface area (Å²) in [6, 6.07) is 5.10. The Labute approximate surface area is 117 Å². The molecule has 1 atom stereocenters. The molecule has 1 fully saturated rings. The molecule has 1 N–H and O–H groups in total. The van der Waals surface area contributed by atoms with Crippen molar-refractivity contribution in [2.45, 2.75) is 31.7 Å². The molecule has 1 aliphatic rings. The number of ether oxygens (including phenoxy) is 2. The van der Waals surface area contributed by atoms with E-state index in [1.807, 2.05) is 0 Å². The fourth-order valence-corrected chi connectivity index (χ4v) is 2.46. The van der Waals surface area contributed by atoms with Gasteiger partial charge < -0.3 is 14.6 Å². The van der Waals surface area contributed by atoms with E-state index in [4.69, 9.17) is 32.7 Å². The molecule has 100 valence electrons. The van der Waals surface area contributed by atoms with Crippen LogP contribution in [0.15, 0.2) is 18.2 Å². The minimum atomic E-state index is -0.621. The van der Waals surface area contributed by atoms with Gasteiger partial charge in [0.25, 0.3) is 0 Å². The predicted octanol–water partition coefficient (Wildman–Crippen LogP) is 3.57. The number of hydrogen-bond acceptors (Lipinski definition) is 3. The van der Waals surface area contributed by atoms with Gasteiger partial charge in [-0.15, -0.1) is 0 Å². The topological polar surface area (TPSA) is 38.7 Å². The van der Waals surface area contributed by atoms with Gasteiger partial charge in [0.15, 0.2) is 6.29 Å². The number of aliphatic hydroxyl groups is 1. The first-order valence-corrected chi connectivity index (χ1v) is 6.78. The second kappa shape index (κ2) is 6.73. The molecule has 5 heteroatoms. The van der Waals surface area contributed by atoms with Crippen molar-refractivity contribution in [2.75, 3.05) is 13.2 Å². The molecule has 1 saturated heterocycles. The van der Waals surface area contributed by atoms with Crippen LogP contribution < -0.4 is 0 Å². The van der Waals surface area contributed by atoms with Crippen molar-refractivity contribution in [1.82, 2.24) is 0 Å². The van der Waals surface area contributed by atoms with E-state index in [-0.39, 0.29) is 6.29 Å². The van der Waals surface area contributed by atoms with Crippen molar-refractivity contribution < 1.29 is 14.6 Å². The summed E-state index contributed by atoms with van der Waals surface area (Å²) in [5, 5.41) is 11.1. The lowest BCUT2D eigenvalue weighted by atomic mass is 10.0. The van der Waals surface area contributed by atoms with Crippen LogP contribution in [0.1, 0.15) is 30.9 Å². The van der Waals surface area contributed by atoms with Gasteiger partial charge in [0.05, 0.1) is 19.3 Å². The van der Waals surface area contributed by atoms with Crippen LogP contribution in [0, 0.1) is 0 Å². The standard InChI is InChI=1S/C13H16Cl2O3/c14-9-2-3-10(11(15)8-9)12(16)4-5-13-17-6-1-7-18-13/h2-3,8,12-13,16H,1,4-7H2/t12-/m1/s1. The van der Waals surface area contributed by atoms with Crippen LogP contribution in [0.4, 0.5) is 0 Å². The number of halogens is 2. The molecule has 1 aromatic carbocycles. The van der Waals surface area contributed by atoms with E-state index in [1.54, 1.807) is 18.2 Å². The molecule has 1 heterocycles. The maximum Gasteiger partial charge on any atom is 0.157 e. The van der Waals surface area contributed by atoms with Gasteiger partial charge in [0.1, 0.15) is 0 Å². The summed E-state index contributed by atoms with van der Waals surface area (Å²) in [6.07, 6.45) is 1.30. The van der Waals surface area contributed by atoms with Gasteiger partial charge in [-0.2, -0.15) is 0 Å². The molecule has 18 heavy (non-hydrogen) atoms. The third-order valence-electron chi connectivity index (χ3n) is 2.89. The maximum atomic E-state index is 10.1. The molecule has 0 bridgehead atoms. The van der Waals surface area contributed by atoms with E-state index in [0.717, 1.165) is 19.6 Å². The Kier molecular flexibility index (Phi) is 5.27. The van der Waals surface area contributed by atoms with E-state index in [2.05, 4.69) is 0 Å². The van der Waals surface area contributed by atoms with Gasteiger partial charge in [0, 0.05) is 16.5 Å². The normalized spacial score (nSPS) is 18.8. The zero-order chi connectivity index (χ0) is 13.0. The smallest absolute Gasteiger partial charge is 0.157 e. The summed E-state index contributed by atoms with van der Waals surface area (Å²) in [5.41, 5.74) is 0.692. The van der Waals surface area contributed by atoms with E-state index >= 15 is 0 Å². The first-order chi connectivity index (χ1) is 8.66. The fraction of sp³-hybridized carbons (Fsp3) is 0.538. The second-order valence-corrected chi connectivity index (χ2v) is 5.13. The Morgan fingerprint density at radius 3 is 2.67 bits per heavy atom. The highest BCUT2D eigenvalue weighted by molar-refractivity contribution is 6.35. The van der Waals surface area contributed by atoms with Crippen LogP contribution in [-0.2, 0) is 9.47 Å². The molecule has 2 rings (SSSR count). The quantitative estimate of drug-likeness (QED) is 0.921. The minimum absolute atomic E-state index is 0.209. The number of benzene rings is 1. The van der Waals surface area contributed by atoms with Crippen molar-refractivity contribution in [1.29, 1.82) is 0 Å². The minimum Gasteiger partial charge on any atom is -0.388 e. The molecule has 1 aromatic rings. The third-order valence-corrected chi connectivity index (χ3v) is 3.46. The number of aliphatic hydroxyl groups excluding tert-OH is 1. The van der Waals surface area contributed by atoms with Gasteiger partial charge >= 0.3 is 0 Å². The SMILES string of the molecule is O[C@H](CCC1OCCCO1)c1ccc(Cl)cc1Cl. The number of hydrogen-bond donors (Lipinski definition) is 1. The third kappa shape index (κ3) is 3.84. The fourth-order valence-electron chi connectivity index (χ4n) is 1.92. The van der Waals surface area contributed by atoms with E-state index in [0.29, 0.717) is 28.5 Å². The van der Waals surface area contributed by atoms with Crippen LogP contribution in [0.2, 0.25) is 10.0 Å². The lowest BCUT2D eigenvalue weighted by Gasteiger charge is -2.24. The van der Waals surface area contributed by atoms with E-state index in [1.165, 1.54) is 0 Å². The molecule has 0 unspecified atom stereocenters. The predicted molar refractivity (Wildman–Crippen MR) is 71.0 cm³/mol. The van der Waals surface area contributed by atoms with Gasteiger partial charge in [0.2, 0.25) is 0 Å². The van der Waals surface area contributed by atoms with Gasteiger partial charge in [-0.1, -0.05) is 29.3 Å². The van der Waals surface area contributed by atoms with E-state index < -0.39 is 6.10 Å². The Balaban J connectivity index is 1.88. The molecule has 3 nitrogen and oxygen atoms in total. The highest BCUT2D eigenvalue weighted by Gasteiger charge is 2.18. The van der Waals surface area contributed by atoms with Crippen LogP contribution >= 0.6 is 23.2 Å². The second-order valence-electron chi connectivity index (χ2n) is 4.28. The monoisotopic (exact) mass is 290 g/mol. The van der Waals surface area contributed by atoms with Gasteiger partial charge in [-0.05, 0) is 30.5 Å². The summed E-state index contributed by atoms with van der Waals surface area (Å²) in [5.74, 6) is 0. The van der Waals surface area contributed by atoms with Crippen LogP contribution in [-0.4, -0.2) is 24.6 Å². The van der Waals surface area contributed by atoms with Crippen molar-refractivity contribution in [3.05, 3.63) is 33.8 Å². The average molecular weight is 291 g/mol. The number of rotatable bonds is 4. The van der Waals surface area contributed by atoms with Crippen molar-refractivity contribution in [2.24, 2.45) is 0 Å². The van der Waals surface area contributed by atoms with Crippen molar-refractivity contribution in [3.63, 3.8) is 0 Å². The summed E-state index contributed by atoms with van der Waals surface area (Å²) in [6.45, 7) is 1.45. The zero-order valence-electron chi connectivity index (χ0n) is 9.94. The lowest BCUT2D eigenvalue weighted by molar-refractivity contribution is -0.183. The van der Waals surface area contributed by atoms with Crippen molar-refractivity contribution in [3.8, 4) is 0 Å². The maximum absolute atomic E-state index is 10.1. The molecule has 0 radical (unpaired) electrons. The molecule has 1 aliphatic heterocycles. The molecular formula is C13H16Cl2O3. The highest BCUT2D eigenvalue weighted by Crippen LogP contribution is 2.29. The Morgan fingerprint density at radius 2 is 2.00 bits per heavy atom. The summed E-state index contributed by atoms with van der Waals surface area (Å²) >= 11 is 11.9. The summed E-state index contributed by atoms with van der Waals surface area (Å²) < 4.78 is 10.9. The molecule has 0 aliphatic carbocycles. The van der Waals surface area contributed by atoms with Gasteiger partial charge in [-0.3, -0.25) is 0 Å². The largest absolute Gasteiger partial charge is 0.388 e. The molecular weight excluding hydrogens is 275 g/mol. The highest BCUT2D eigenvalue weighted by atomic mass is 35.5. The lowest BCUT2D eigenvalue weighted by Crippen LogP contribution is -2.25. The molecule has 0 amide bonds. The van der Waals surface area contributed by atoms with Crippen LogP contribution in [0.3, 0.4) is 0 Å². The first kappa shape index (κ1) is 14.1. The van der Waals surface area contributed by atoms with Crippen LogP contribution in [0.25, 0.3) is 0 Å². The Bertz CT molecular complexity index is 392.